The SMILES string of the molecule is C[C@@H](N)c1ccc(Oc2ccc(S(C)(=O)=O)cc2)c(Br)c1. The molecule has 0 unspecified atom stereocenters. The molecule has 0 aliphatic heterocycles. The van der Waals surface area contributed by atoms with Crippen molar-refractivity contribution in [2.24, 2.45) is 5.73 Å². The molecule has 21 heavy (non-hydrogen) atoms. The van der Waals surface area contributed by atoms with Crippen LogP contribution in [0.3, 0.4) is 0 Å². The van der Waals surface area contributed by atoms with Crippen molar-refractivity contribution in [3.05, 3.63) is 52.5 Å². The smallest absolute Gasteiger partial charge is 0.175 e. The zero-order valence-electron chi connectivity index (χ0n) is 11.7. The highest BCUT2D eigenvalue weighted by molar-refractivity contribution is 9.10. The van der Waals surface area contributed by atoms with Gasteiger partial charge in [0.25, 0.3) is 0 Å². The molecule has 6 heteroatoms. The quantitative estimate of drug-likeness (QED) is 0.892. The first-order valence-corrected chi connectivity index (χ1v) is 8.99. The number of hydrogen-bond donors (Lipinski definition) is 1. The molecule has 1 atom stereocenters. The van der Waals surface area contributed by atoms with Crippen LogP contribution in [0.25, 0.3) is 0 Å². The second kappa shape index (κ2) is 6.17. The van der Waals surface area contributed by atoms with Gasteiger partial charge in [0, 0.05) is 12.3 Å². The van der Waals surface area contributed by atoms with E-state index in [9.17, 15) is 8.42 Å². The first kappa shape index (κ1) is 16.0. The van der Waals surface area contributed by atoms with Gasteiger partial charge in [-0.1, -0.05) is 6.07 Å². The third-order valence-electron chi connectivity index (χ3n) is 2.96. The lowest BCUT2D eigenvalue weighted by Crippen LogP contribution is -2.04. The van der Waals surface area contributed by atoms with Crippen molar-refractivity contribution < 1.29 is 13.2 Å². The molecule has 112 valence electrons. The zero-order valence-corrected chi connectivity index (χ0v) is 14.1. The van der Waals surface area contributed by atoms with Crippen molar-refractivity contribution in [2.75, 3.05) is 6.26 Å². The summed E-state index contributed by atoms with van der Waals surface area (Å²) in [6.07, 6.45) is 1.17. The Kier molecular flexibility index (Phi) is 4.70. The van der Waals surface area contributed by atoms with Gasteiger partial charge in [-0.05, 0) is 64.8 Å². The van der Waals surface area contributed by atoms with E-state index >= 15 is 0 Å². The Morgan fingerprint density at radius 3 is 2.24 bits per heavy atom. The topological polar surface area (TPSA) is 69.4 Å². The van der Waals surface area contributed by atoms with Crippen LogP contribution in [0.4, 0.5) is 0 Å². The van der Waals surface area contributed by atoms with E-state index in [1.807, 2.05) is 25.1 Å². The van der Waals surface area contributed by atoms with Crippen molar-refractivity contribution in [3.63, 3.8) is 0 Å². The highest BCUT2D eigenvalue weighted by Gasteiger charge is 2.09. The molecule has 0 saturated carbocycles. The zero-order chi connectivity index (χ0) is 15.6. The molecule has 0 aromatic heterocycles. The monoisotopic (exact) mass is 369 g/mol. The summed E-state index contributed by atoms with van der Waals surface area (Å²) in [5.41, 5.74) is 6.83. The molecular formula is C15H16BrNO3S. The lowest BCUT2D eigenvalue weighted by Gasteiger charge is -2.11. The minimum atomic E-state index is -3.19. The molecule has 0 bridgehead atoms. The summed E-state index contributed by atoms with van der Waals surface area (Å²) in [5, 5.41) is 0. The lowest BCUT2D eigenvalue weighted by molar-refractivity contribution is 0.478. The minimum Gasteiger partial charge on any atom is -0.456 e. The van der Waals surface area contributed by atoms with E-state index in [0.717, 1.165) is 10.0 Å². The molecule has 0 heterocycles. The minimum absolute atomic E-state index is 0.0515. The highest BCUT2D eigenvalue weighted by atomic mass is 79.9. The molecule has 0 radical (unpaired) electrons. The Morgan fingerprint density at radius 1 is 1.14 bits per heavy atom. The van der Waals surface area contributed by atoms with Gasteiger partial charge in [0.05, 0.1) is 9.37 Å². The van der Waals surface area contributed by atoms with Gasteiger partial charge in [-0.25, -0.2) is 8.42 Å². The van der Waals surface area contributed by atoms with E-state index in [4.69, 9.17) is 10.5 Å². The molecule has 0 aliphatic carbocycles. The summed E-state index contributed by atoms with van der Waals surface area (Å²) in [5.74, 6) is 1.21. The predicted molar refractivity (Wildman–Crippen MR) is 86.4 cm³/mol. The van der Waals surface area contributed by atoms with Crippen molar-refractivity contribution in [2.45, 2.75) is 17.9 Å². The van der Waals surface area contributed by atoms with Gasteiger partial charge in [-0.2, -0.15) is 0 Å². The van der Waals surface area contributed by atoms with E-state index in [1.54, 1.807) is 12.1 Å². The standard InChI is InChI=1S/C15H16BrNO3S/c1-10(17)11-3-8-15(14(16)9-11)20-12-4-6-13(7-5-12)21(2,18)19/h3-10H,17H2,1-2H3/t10-/m1/s1. The van der Waals surface area contributed by atoms with Crippen LogP contribution < -0.4 is 10.5 Å². The molecule has 2 aromatic carbocycles. The van der Waals surface area contributed by atoms with E-state index in [2.05, 4.69) is 15.9 Å². The van der Waals surface area contributed by atoms with E-state index in [0.29, 0.717) is 11.5 Å². The second-order valence-electron chi connectivity index (χ2n) is 4.82. The summed E-state index contributed by atoms with van der Waals surface area (Å²) in [6.45, 7) is 1.91. The third-order valence-corrected chi connectivity index (χ3v) is 4.71. The molecule has 4 nitrogen and oxygen atoms in total. The number of benzene rings is 2. The summed E-state index contributed by atoms with van der Waals surface area (Å²) in [7, 11) is -3.19. The Hall–Kier alpha value is -1.37. The van der Waals surface area contributed by atoms with Crippen LogP contribution in [0.1, 0.15) is 18.5 Å². The number of nitrogens with two attached hydrogens (primary N) is 1. The fourth-order valence-corrected chi connectivity index (χ4v) is 2.87. The van der Waals surface area contributed by atoms with Crippen LogP contribution in [0.5, 0.6) is 11.5 Å². The first-order valence-electron chi connectivity index (χ1n) is 6.30. The van der Waals surface area contributed by atoms with Crippen LogP contribution in [0.2, 0.25) is 0 Å². The van der Waals surface area contributed by atoms with Gasteiger partial charge in [0.2, 0.25) is 0 Å². The van der Waals surface area contributed by atoms with Crippen LogP contribution >= 0.6 is 15.9 Å². The fraction of sp³-hybridized carbons (Fsp3) is 0.200. The van der Waals surface area contributed by atoms with Crippen molar-refractivity contribution in [1.82, 2.24) is 0 Å². The van der Waals surface area contributed by atoms with Gasteiger partial charge < -0.3 is 10.5 Å². The lowest BCUT2D eigenvalue weighted by atomic mass is 10.1. The molecule has 0 saturated heterocycles. The summed E-state index contributed by atoms with van der Waals surface area (Å²) < 4.78 is 29.3. The van der Waals surface area contributed by atoms with Crippen molar-refractivity contribution >= 4 is 25.8 Å². The molecule has 2 aromatic rings. The van der Waals surface area contributed by atoms with Crippen molar-refractivity contribution in [1.29, 1.82) is 0 Å². The highest BCUT2D eigenvalue weighted by Crippen LogP contribution is 2.32. The number of halogens is 1. The Balaban J connectivity index is 2.22. The normalized spacial score (nSPS) is 13.0. The first-order chi connectivity index (χ1) is 9.77. The fourth-order valence-electron chi connectivity index (χ4n) is 1.76. The number of ether oxygens (including phenoxy) is 1. The molecular weight excluding hydrogens is 354 g/mol. The average Bonchev–Trinajstić information content (AvgIpc) is 2.40. The van der Waals surface area contributed by atoms with Crippen LogP contribution in [-0.4, -0.2) is 14.7 Å². The summed E-state index contributed by atoms with van der Waals surface area (Å²) in [4.78, 5) is 0.265. The van der Waals surface area contributed by atoms with Crippen LogP contribution in [0.15, 0.2) is 51.8 Å². The Bertz CT molecular complexity index is 740. The largest absolute Gasteiger partial charge is 0.456 e. The van der Waals surface area contributed by atoms with Crippen LogP contribution in [-0.2, 0) is 9.84 Å². The molecule has 2 N–H and O–H groups in total. The maximum Gasteiger partial charge on any atom is 0.175 e. The molecule has 0 fully saturated rings. The average molecular weight is 370 g/mol. The maximum absolute atomic E-state index is 11.4. The van der Waals surface area contributed by atoms with Gasteiger partial charge in [-0.3, -0.25) is 0 Å². The van der Waals surface area contributed by atoms with E-state index < -0.39 is 9.84 Å². The summed E-state index contributed by atoms with van der Waals surface area (Å²) in [6, 6.07) is 11.9. The maximum atomic E-state index is 11.4. The van der Waals surface area contributed by atoms with Gasteiger partial charge in [-0.15, -0.1) is 0 Å². The van der Waals surface area contributed by atoms with Gasteiger partial charge in [0.15, 0.2) is 9.84 Å². The van der Waals surface area contributed by atoms with Crippen molar-refractivity contribution in [3.8, 4) is 11.5 Å². The van der Waals surface area contributed by atoms with E-state index in [-0.39, 0.29) is 10.9 Å². The third kappa shape index (κ3) is 4.06. The van der Waals surface area contributed by atoms with Crippen LogP contribution in [0, 0.1) is 0 Å². The number of sulfone groups is 1. The van der Waals surface area contributed by atoms with E-state index in [1.165, 1.54) is 18.4 Å². The molecule has 0 spiro atoms. The molecule has 0 amide bonds. The number of rotatable bonds is 4. The summed E-state index contributed by atoms with van der Waals surface area (Å²) >= 11 is 3.44. The number of hydrogen-bond acceptors (Lipinski definition) is 4. The molecule has 2 rings (SSSR count). The Labute approximate surface area is 133 Å². The Morgan fingerprint density at radius 2 is 1.76 bits per heavy atom. The molecule has 0 aliphatic rings. The second-order valence-corrected chi connectivity index (χ2v) is 7.69. The van der Waals surface area contributed by atoms with Gasteiger partial charge >= 0.3 is 0 Å². The van der Waals surface area contributed by atoms with Gasteiger partial charge in [0.1, 0.15) is 11.5 Å². The predicted octanol–water partition coefficient (Wildman–Crippen LogP) is 3.66.